The summed E-state index contributed by atoms with van der Waals surface area (Å²) in [4.78, 5) is 38.1. The van der Waals surface area contributed by atoms with Gasteiger partial charge in [0.15, 0.2) is 0 Å². The van der Waals surface area contributed by atoms with Crippen LogP contribution in [-0.4, -0.2) is 95.9 Å². The molecule has 2 fully saturated rings. The van der Waals surface area contributed by atoms with Crippen LogP contribution in [0.5, 0.6) is 0 Å². The Labute approximate surface area is 205 Å². The number of hydrogen-bond donors (Lipinski definition) is 4. The van der Waals surface area contributed by atoms with Gasteiger partial charge >= 0.3 is 5.97 Å². The third-order valence-electron chi connectivity index (χ3n) is 6.53. The number of fused-ring (bicyclic) bond motifs is 1. The number of aryl methyl sites for hydroxylation is 1. The lowest BCUT2D eigenvalue weighted by atomic mass is 9.79. The zero-order valence-electron chi connectivity index (χ0n) is 19.2. The lowest BCUT2D eigenvalue weighted by Gasteiger charge is -2.46. The molecule has 3 aliphatic heterocycles. The first-order valence-corrected chi connectivity index (χ1v) is 13.1. The Morgan fingerprint density at radius 3 is 2.82 bits per heavy atom. The molecule has 4 heterocycles. The van der Waals surface area contributed by atoms with Crippen molar-refractivity contribution in [3.05, 3.63) is 10.6 Å². The van der Waals surface area contributed by atoms with E-state index in [1.54, 1.807) is 18.7 Å². The van der Waals surface area contributed by atoms with E-state index in [-0.39, 0.29) is 40.8 Å². The molecule has 0 aliphatic carbocycles. The predicted octanol–water partition coefficient (Wildman–Crippen LogP) is -0.481. The first-order chi connectivity index (χ1) is 16.2. The van der Waals surface area contributed by atoms with Crippen LogP contribution in [0.4, 0.5) is 0 Å². The molecule has 186 valence electrons. The lowest BCUT2D eigenvalue weighted by Crippen LogP contribution is -2.63. The number of aliphatic hydroxyl groups excluding tert-OH is 1. The van der Waals surface area contributed by atoms with Gasteiger partial charge < -0.3 is 25.7 Å². The van der Waals surface area contributed by atoms with Gasteiger partial charge in [-0.3, -0.25) is 9.59 Å². The van der Waals surface area contributed by atoms with Gasteiger partial charge in [0.1, 0.15) is 5.70 Å². The van der Waals surface area contributed by atoms with Gasteiger partial charge in [-0.2, -0.15) is 0 Å². The van der Waals surface area contributed by atoms with Crippen molar-refractivity contribution in [2.75, 3.05) is 19.3 Å². The molecule has 0 unspecified atom stereocenters. The Balaban J connectivity index is 1.34. The Hall–Kier alpha value is -2.16. The first kappa shape index (κ1) is 24.9. The number of aliphatic carboxylic acids is 1. The highest BCUT2D eigenvalue weighted by molar-refractivity contribution is 8.03. The zero-order chi connectivity index (χ0) is 24.6. The number of nitrogens with one attached hydrogen (secondary N) is 2. The molecular formula is C20H29N7O5S2. The first-order valence-electron chi connectivity index (χ1n) is 11.2. The number of nitrogens with zero attached hydrogens (tertiary/aromatic N) is 5. The topological polar surface area (TPSA) is 163 Å². The van der Waals surface area contributed by atoms with Crippen LogP contribution in [0.3, 0.4) is 0 Å². The van der Waals surface area contributed by atoms with Gasteiger partial charge in [0.25, 0.3) is 0 Å². The number of β-lactam (4-membered cyclic amide) rings is 1. The molecule has 0 bridgehead atoms. The molecule has 4 N–H and O–H groups in total. The van der Waals surface area contributed by atoms with Gasteiger partial charge in [-0.15, -0.1) is 16.9 Å². The van der Waals surface area contributed by atoms with E-state index >= 15 is 0 Å². The molecule has 2 amide bonds. The second-order valence-corrected chi connectivity index (χ2v) is 11.1. The fraction of sp³-hybridized carbons (Fsp3) is 0.700. The normalized spacial score (nSPS) is 29.2. The van der Waals surface area contributed by atoms with Crippen molar-refractivity contribution in [3.63, 3.8) is 0 Å². The molecule has 4 rings (SSSR count). The minimum Gasteiger partial charge on any atom is -0.477 e. The average Bonchev–Trinajstić information content (AvgIpc) is 3.48. The number of rotatable bonds is 10. The molecule has 0 saturated carbocycles. The van der Waals surface area contributed by atoms with Crippen molar-refractivity contribution >= 4 is 41.3 Å². The van der Waals surface area contributed by atoms with Crippen molar-refractivity contribution < 1.29 is 24.6 Å². The number of carboxylic acid groups (broad SMARTS) is 1. The van der Waals surface area contributed by atoms with Crippen molar-refractivity contribution in [1.29, 1.82) is 0 Å². The molecule has 34 heavy (non-hydrogen) atoms. The number of hydrogen-bond acceptors (Lipinski definition) is 10. The summed E-state index contributed by atoms with van der Waals surface area (Å²) < 4.78 is 1.62. The molecule has 12 nitrogen and oxygen atoms in total. The molecule has 0 aromatic carbocycles. The molecule has 1 aromatic rings. The molecule has 3 aliphatic rings. The standard InChI is InChI=1S/C20H29N7O5S2/c1-9-15-14(10(2)28)18(30)27(15)16(19(31)32)17(9)34-12-6-11(22-7-12)8-33-20-23-24-25-26(20)5-4-13(29)21-3/h9-12,14-15,22,28H,4-8H2,1-3H3,(H,21,29)(H,31,32)/t9-,10-,11+,12+,14-,15-/m1/s1. The highest BCUT2D eigenvalue weighted by Gasteiger charge is 2.60. The van der Waals surface area contributed by atoms with Gasteiger partial charge in [0, 0.05) is 47.9 Å². The van der Waals surface area contributed by atoms with Crippen molar-refractivity contribution in [3.8, 4) is 0 Å². The fourth-order valence-electron chi connectivity index (χ4n) is 4.80. The summed E-state index contributed by atoms with van der Waals surface area (Å²) in [6, 6.07) is -0.100. The van der Waals surface area contributed by atoms with Crippen molar-refractivity contribution in [1.82, 2.24) is 35.7 Å². The van der Waals surface area contributed by atoms with Crippen molar-refractivity contribution in [2.24, 2.45) is 11.8 Å². The number of carbonyl (C=O) groups is 3. The van der Waals surface area contributed by atoms with Crippen LogP contribution in [0.25, 0.3) is 0 Å². The van der Waals surface area contributed by atoms with E-state index in [0.717, 1.165) is 18.7 Å². The van der Waals surface area contributed by atoms with Crippen LogP contribution in [0.15, 0.2) is 15.8 Å². The molecule has 0 radical (unpaired) electrons. The summed E-state index contributed by atoms with van der Waals surface area (Å²) in [5.41, 5.74) is 0.0671. The van der Waals surface area contributed by atoms with Gasteiger partial charge in [0.05, 0.1) is 24.6 Å². The number of aliphatic hydroxyl groups is 1. The van der Waals surface area contributed by atoms with Gasteiger partial charge in [-0.1, -0.05) is 18.7 Å². The fourth-order valence-corrected chi connectivity index (χ4v) is 7.30. The quantitative estimate of drug-likeness (QED) is 0.237. The summed E-state index contributed by atoms with van der Waals surface area (Å²) in [5, 5.41) is 38.4. The van der Waals surface area contributed by atoms with Crippen LogP contribution >= 0.6 is 23.5 Å². The Kier molecular flexibility index (Phi) is 7.50. The summed E-state index contributed by atoms with van der Waals surface area (Å²) >= 11 is 3.04. The maximum absolute atomic E-state index is 12.5. The van der Waals surface area contributed by atoms with E-state index in [9.17, 15) is 24.6 Å². The summed E-state index contributed by atoms with van der Waals surface area (Å²) in [5.74, 6) is -1.45. The number of aromatic nitrogens is 4. The molecule has 14 heteroatoms. The number of carboxylic acids is 1. The smallest absolute Gasteiger partial charge is 0.353 e. The molecule has 6 atom stereocenters. The molecule has 0 spiro atoms. The highest BCUT2D eigenvalue weighted by atomic mass is 32.2. The average molecular weight is 512 g/mol. The number of thioether (sulfide) groups is 2. The van der Waals surface area contributed by atoms with E-state index in [1.165, 1.54) is 28.4 Å². The van der Waals surface area contributed by atoms with E-state index in [0.29, 0.717) is 23.0 Å². The van der Waals surface area contributed by atoms with Gasteiger partial charge in [0.2, 0.25) is 17.0 Å². The predicted molar refractivity (Wildman–Crippen MR) is 125 cm³/mol. The van der Waals surface area contributed by atoms with E-state index in [1.807, 2.05) is 6.92 Å². The highest BCUT2D eigenvalue weighted by Crippen LogP contribution is 2.51. The van der Waals surface area contributed by atoms with Gasteiger partial charge in [-0.05, 0) is 23.8 Å². The van der Waals surface area contributed by atoms with Crippen molar-refractivity contribution in [2.45, 2.75) is 61.8 Å². The van der Waals surface area contributed by atoms with E-state index < -0.39 is 18.0 Å². The van der Waals surface area contributed by atoms with Gasteiger partial charge in [-0.25, -0.2) is 9.48 Å². The lowest BCUT2D eigenvalue weighted by molar-refractivity contribution is -0.163. The molecule has 1 aromatic heterocycles. The van der Waals surface area contributed by atoms with Crippen LogP contribution in [0.1, 0.15) is 26.7 Å². The third kappa shape index (κ3) is 4.68. The zero-order valence-corrected chi connectivity index (χ0v) is 20.8. The Bertz CT molecular complexity index is 1000. The molecule has 2 saturated heterocycles. The maximum Gasteiger partial charge on any atom is 0.353 e. The monoisotopic (exact) mass is 511 g/mol. The third-order valence-corrected chi connectivity index (χ3v) is 9.16. The minimum absolute atomic E-state index is 0.0671. The maximum atomic E-state index is 12.5. The number of carbonyl (C=O) groups excluding carboxylic acids is 2. The number of tetrazole rings is 1. The minimum atomic E-state index is -1.10. The van der Waals surface area contributed by atoms with Crippen LogP contribution in [0, 0.1) is 11.8 Å². The van der Waals surface area contributed by atoms with Crippen LogP contribution in [0.2, 0.25) is 0 Å². The SMILES string of the molecule is CNC(=O)CCn1nnnc1SC[C@@H]1C[C@H](SC2=C(C(=O)O)N3C(=O)[C@H]([C@@H](C)O)[C@H]3[C@H]2C)CN1. The molecular weight excluding hydrogens is 482 g/mol. The Morgan fingerprint density at radius 1 is 1.38 bits per heavy atom. The second kappa shape index (κ2) is 10.2. The summed E-state index contributed by atoms with van der Waals surface area (Å²) in [7, 11) is 1.59. The van der Waals surface area contributed by atoms with Crippen LogP contribution < -0.4 is 10.6 Å². The number of amides is 2. The second-order valence-electron chi connectivity index (χ2n) is 8.77. The summed E-state index contributed by atoms with van der Waals surface area (Å²) in [6.07, 6.45) is 0.322. The van der Waals surface area contributed by atoms with Crippen LogP contribution in [-0.2, 0) is 20.9 Å². The largest absolute Gasteiger partial charge is 0.477 e. The Morgan fingerprint density at radius 2 is 2.15 bits per heavy atom. The summed E-state index contributed by atoms with van der Waals surface area (Å²) in [6.45, 7) is 4.64. The van der Waals surface area contributed by atoms with E-state index in [4.69, 9.17) is 0 Å². The van der Waals surface area contributed by atoms with E-state index in [2.05, 4.69) is 26.2 Å².